The van der Waals surface area contributed by atoms with E-state index < -0.39 is 0 Å². The van der Waals surface area contributed by atoms with Crippen LogP contribution in [0.5, 0.6) is 0 Å². The van der Waals surface area contributed by atoms with Gasteiger partial charge in [0, 0.05) is 31.2 Å². The summed E-state index contributed by atoms with van der Waals surface area (Å²) in [5, 5.41) is 3.10. The highest BCUT2D eigenvalue weighted by Gasteiger charge is 2.20. The minimum Gasteiger partial charge on any atom is -0.371 e. The Kier molecular flexibility index (Phi) is 5.21. The largest absolute Gasteiger partial charge is 0.371 e. The van der Waals surface area contributed by atoms with Crippen LogP contribution in [-0.4, -0.2) is 31.6 Å². The number of piperidine rings is 1. The Morgan fingerprint density at radius 3 is 2.58 bits per heavy atom. The maximum atomic E-state index is 11.6. The smallest absolute Gasteiger partial charge is 0.220 e. The van der Waals surface area contributed by atoms with E-state index in [2.05, 4.69) is 34.5 Å². The molecule has 19 heavy (non-hydrogen) atoms. The molecule has 1 aliphatic heterocycles. The van der Waals surface area contributed by atoms with Crippen molar-refractivity contribution >= 4 is 11.6 Å². The molecule has 0 bridgehead atoms. The number of rotatable bonds is 5. The van der Waals surface area contributed by atoms with Gasteiger partial charge < -0.3 is 16.0 Å². The Balaban J connectivity index is 1.75. The highest BCUT2D eigenvalue weighted by Crippen LogP contribution is 2.19. The molecule has 104 valence electrons. The van der Waals surface area contributed by atoms with E-state index in [4.69, 9.17) is 5.73 Å². The maximum Gasteiger partial charge on any atom is 0.220 e. The van der Waals surface area contributed by atoms with Crippen molar-refractivity contribution in [2.24, 2.45) is 5.73 Å². The van der Waals surface area contributed by atoms with Crippen LogP contribution < -0.4 is 16.0 Å². The third-order valence-corrected chi connectivity index (χ3v) is 3.59. The van der Waals surface area contributed by atoms with Gasteiger partial charge in [-0.3, -0.25) is 4.79 Å². The lowest BCUT2D eigenvalue weighted by Crippen LogP contribution is -2.44. The van der Waals surface area contributed by atoms with Gasteiger partial charge in [-0.25, -0.2) is 0 Å². The number of nitrogens with zero attached hydrogens (tertiary/aromatic N) is 1. The summed E-state index contributed by atoms with van der Waals surface area (Å²) >= 11 is 0. The zero-order valence-corrected chi connectivity index (χ0v) is 11.3. The van der Waals surface area contributed by atoms with Crippen LogP contribution in [0.2, 0.25) is 0 Å². The van der Waals surface area contributed by atoms with Crippen molar-refractivity contribution in [3.05, 3.63) is 30.3 Å². The second-order valence-corrected chi connectivity index (χ2v) is 5.06. The van der Waals surface area contributed by atoms with E-state index in [1.54, 1.807) is 0 Å². The van der Waals surface area contributed by atoms with Crippen molar-refractivity contribution in [1.82, 2.24) is 5.32 Å². The number of anilines is 1. The first-order chi connectivity index (χ1) is 9.29. The molecule has 4 heteroatoms. The number of carbonyl (C=O) groups excluding carboxylic acids is 1. The number of nitrogens with two attached hydrogens (primary N) is 1. The van der Waals surface area contributed by atoms with Crippen LogP contribution in [0.3, 0.4) is 0 Å². The fraction of sp³-hybridized carbons (Fsp3) is 0.533. The van der Waals surface area contributed by atoms with E-state index in [1.165, 1.54) is 5.69 Å². The van der Waals surface area contributed by atoms with Crippen LogP contribution in [0.15, 0.2) is 30.3 Å². The Morgan fingerprint density at radius 1 is 1.26 bits per heavy atom. The number of nitrogens with one attached hydrogen (secondary N) is 1. The van der Waals surface area contributed by atoms with Crippen molar-refractivity contribution in [2.45, 2.75) is 31.7 Å². The fourth-order valence-electron chi connectivity index (χ4n) is 2.48. The quantitative estimate of drug-likeness (QED) is 0.844. The van der Waals surface area contributed by atoms with Crippen molar-refractivity contribution in [3.63, 3.8) is 0 Å². The second-order valence-electron chi connectivity index (χ2n) is 5.06. The first kappa shape index (κ1) is 13.9. The molecule has 1 heterocycles. The molecule has 3 N–H and O–H groups in total. The molecular weight excluding hydrogens is 238 g/mol. The Morgan fingerprint density at radius 2 is 1.95 bits per heavy atom. The number of hydrogen-bond donors (Lipinski definition) is 2. The molecule has 2 rings (SSSR count). The zero-order chi connectivity index (χ0) is 13.5. The Hall–Kier alpha value is -1.55. The van der Waals surface area contributed by atoms with Crippen LogP contribution >= 0.6 is 0 Å². The van der Waals surface area contributed by atoms with Crippen LogP contribution in [0.1, 0.15) is 25.7 Å². The van der Waals surface area contributed by atoms with Gasteiger partial charge in [-0.1, -0.05) is 18.2 Å². The van der Waals surface area contributed by atoms with E-state index in [0.717, 1.165) is 32.4 Å². The predicted molar refractivity (Wildman–Crippen MR) is 78.1 cm³/mol. The van der Waals surface area contributed by atoms with E-state index in [-0.39, 0.29) is 5.91 Å². The molecule has 1 aliphatic rings. The molecule has 1 saturated heterocycles. The molecule has 4 nitrogen and oxygen atoms in total. The molecule has 1 aromatic carbocycles. The second kappa shape index (κ2) is 7.14. The summed E-state index contributed by atoms with van der Waals surface area (Å²) < 4.78 is 0. The third-order valence-electron chi connectivity index (χ3n) is 3.59. The number of para-hydroxylation sites is 1. The van der Waals surface area contributed by atoms with E-state index in [0.29, 0.717) is 19.0 Å². The molecule has 0 aliphatic carbocycles. The van der Waals surface area contributed by atoms with E-state index in [9.17, 15) is 4.79 Å². The SMILES string of the molecule is NCCCC(=O)NC1CCN(c2ccccc2)CC1. The van der Waals surface area contributed by atoms with Gasteiger partial charge in [-0.15, -0.1) is 0 Å². The first-order valence-corrected chi connectivity index (χ1v) is 7.09. The van der Waals surface area contributed by atoms with Gasteiger partial charge in [0.15, 0.2) is 0 Å². The first-order valence-electron chi connectivity index (χ1n) is 7.09. The Bertz CT molecular complexity index is 386. The number of carbonyl (C=O) groups is 1. The molecule has 1 fully saturated rings. The molecule has 0 atom stereocenters. The molecule has 0 unspecified atom stereocenters. The van der Waals surface area contributed by atoms with Gasteiger partial charge in [-0.2, -0.15) is 0 Å². The van der Waals surface area contributed by atoms with Gasteiger partial charge in [0.1, 0.15) is 0 Å². The summed E-state index contributed by atoms with van der Waals surface area (Å²) in [5.41, 5.74) is 6.68. The van der Waals surface area contributed by atoms with Crippen LogP contribution in [0, 0.1) is 0 Å². The summed E-state index contributed by atoms with van der Waals surface area (Å²) in [6.45, 7) is 2.59. The van der Waals surface area contributed by atoms with Crippen LogP contribution in [-0.2, 0) is 4.79 Å². The predicted octanol–water partition coefficient (Wildman–Crippen LogP) is 1.51. The maximum absolute atomic E-state index is 11.6. The lowest BCUT2D eigenvalue weighted by atomic mass is 10.0. The molecule has 1 amide bonds. The normalized spacial score (nSPS) is 16.4. The Labute approximate surface area is 115 Å². The molecular formula is C15H23N3O. The third kappa shape index (κ3) is 4.24. The minimum absolute atomic E-state index is 0.142. The molecule has 0 radical (unpaired) electrons. The topological polar surface area (TPSA) is 58.4 Å². The van der Waals surface area contributed by atoms with E-state index >= 15 is 0 Å². The van der Waals surface area contributed by atoms with Crippen molar-refractivity contribution in [1.29, 1.82) is 0 Å². The average molecular weight is 261 g/mol. The van der Waals surface area contributed by atoms with Crippen LogP contribution in [0.4, 0.5) is 5.69 Å². The fourth-order valence-corrected chi connectivity index (χ4v) is 2.48. The highest BCUT2D eigenvalue weighted by molar-refractivity contribution is 5.76. The zero-order valence-electron chi connectivity index (χ0n) is 11.3. The van der Waals surface area contributed by atoms with Gasteiger partial charge in [-0.05, 0) is 37.9 Å². The van der Waals surface area contributed by atoms with Gasteiger partial charge in [0.2, 0.25) is 5.91 Å². The minimum atomic E-state index is 0.142. The summed E-state index contributed by atoms with van der Waals surface area (Å²) in [7, 11) is 0. The summed E-state index contributed by atoms with van der Waals surface area (Å²) in [4.78, 5) is 14.0. The highest BCUT2D eigenvalue weighted by atomic mass is 16.1. The summed E-state index contributed by atoms with van der Waals surface area (Å²) in [6.07, 6.45) is 3.36. The summed E-state index contributed by atoms with van der Waals surface area (Å²) in [5.74, 6) is 0.142. The summed E-state index contributed by atoms with van der Waals surface area (Å²) in [6, 6.07) is 10.8. The van der Waals surface area contributed by atoms with Crippen molar-refractivity contribution in [3.8, 4) is 0 Å². The lowest BCUT2D eigenvalue weighted by molar-refractivity contribution is -0.122. The van der Waals surface area contributed by atoms with Gasteiger partial charge in [0.05, 0.1) is 0 Å². The standard InChI is InChI=1S/C15H23N3O/c16-10-4-7-15(19)17-13-8-11-18(12-9-13)14-5-2-1-3-6-14/h1-3,5-6,13H,4,7-12,16H2,(H,17,19). The molecule has 0 spiro atoms. The monoisotopic (exact) mass is 261 g/mol. The lowest BCUT2D eigenvalue weighted by Gasteiger charge is -2.34. The average Bonchev–Trinajstić information content (AvgIpc) is 2.47. The number of benzene rings is 1. The molecule has 0 aromatic heterocycles. The van der Waals surface area contributed by atoms with Gasteiger partial charge >= 0.3 is 0 Å². The molecule has 0 saturated carbocycles. The van der Waals surface area contributed by atoms with Crippen molar-refractivity contribution in [2.75, 3.05) is 24.5 Å². The number of hydrogen-bond acceptors (Lipinski definition) is 3. The van der Waals surface area contributed by atoms with Crippen molar-refractivity contribution < 1.29 is 4.79 Å². The van der Waals surface area contributed by atoms with Crippen LogP contribution in [0.25, 0.3) is 0 Å². The van der Waals surface area contributed by atoms with E-state index in [1.807, 2.05) is 6.07 Å². The molecule has 1 aromatic rings. The van der Waals surface area contributed by atoms with Gasteiger partial charge in [0.25, 0.3) is 0 Å². The number of amides is 1.